The van der Waals surface area contributed by atoms with Crippen molar-refractivity contribution in [3.05, 3.63) is 52.3 Å². The molecule has 2 aromatic rings. The molecule has 6 nitrogen and oxygen atoms in total. The zero-order chi connectivity index (χ0) is 26.2. The molecule has 1 fully saturated rings. The Morgan fingerprint density at radius 3 is 2.34 bits per heavy atom. The molecular weight excluding hydrogens is 526 g/mol. The topological polar surface area (TPSA) is 84.5 Å². The van der Waals surface area contributed by atoms with Gasteiger partial charge < -0.3 is 10.1 Å². The van der Waals surface area contributed by atoms with E-state index in [4.69, 9.17) is 16.3 Å². The van der Waals surface area contributed by atoms with Crippen LogP contribution in [0.5, 0.6) is 5.75 Å². The largest absolute Gasteiger partial charge is 0.490 e. The summed E-state index contributed by atoms with van der Waals surface area (Å²) in [6.07, 6.45) is -7.13. The molecule has 0 saturated heterocycles. The standard InChI is InChI=1S/C21H19ClF6N2O4S/c1-29-35(32,33)18-8-11(2-3-16(18)23)30-19(31)13-9-15(22)14(21(26,27)28)10-17(13)34-12-4-6-20(24,25)7-5-12/h2-3,8-10,12,29H,4-7H2,1H3,(H,30,31). The number of alkyl halides is 5. The van der Waals surface area contributed by atoms with Gasteiger partial charge in [0.05, 0.1) is 22.3 Å². The highest BCUT2D eigenvalue weighted by Gasteiger charge is 2.38. The lowest BCUT2D eigenvalue weighted by molar-refractivity contribution is -0.137. The third kappa shape index (κ3) is 6.39. The molecule has 0 aliphatic heterocycles. The highest BCUT2D eigenvalue weighted by Crippen LogP contribution is 2.41. The van der Waals surface area contributed by atoms with Crippen molar-refractivity contribution in [1.29, 1.82) is 0 Å². The molecule has 2 aromatic carbocycles. The van der Waals surface area contributed by atoms with Crippen LogP contribution < -0.4 is 14.8 Å². The number of rotatable bonds is 6. The summed E-state index contributed by atoms with van der Waals surface area (Å²) in [5, 5.41) is 1.44. The van der Waals surface area contributed by atoms with Gasteiger partial charge in [-0.1, -0.05) is 11.6 Å². The molecule has 1 saturated carbocycles. The fraction of sp³-hybridized carbons (Fsp3) is 0.381. The molecule has 0 unspecified atom stereocenters. The second-order valence-corrected chi connectivity index (χ2v) is 10.1. The number of benzene rings is 2. The molecule has 0 spiro atoms. The fourth-order valence-corrected chi connectivity index (χ4v) is 4.55. The van der Waals surface area contributed by atoms with Crippen LogP contribution in [0.4, 0.5) is 32.0 Å². The number of ether oxygens (including phenoxy) is 1. The van der Waals surface area contributed by atoms with Crippen LogP contribution in [-0.4, -0.2) is 33.4 Å². The molecule has 0 heterocycles. The van der Waals surface area contributed by atoms with Crippen molar-refractivity contribution in [2.75, 3.05) is 12.4 Å². The van der Waals surface area contributed by atoms with Crippen molar-refractivity contribution in [1.82, 2.24) is 4.72 Å². The van der Waals surface area contributed by atoms with Crippen LogP contribution in [0.15, 0.2) is 35.2 Å². The lowest BCUT2D eigenvalue weighted by atomic mass is 9.94. The van der Waals surface area contributed by atoms with Crippen LogP contribution in [0.2, 0.25) is 5.02 Å². The van der Waals surface area contributed by atoms with Gasteiger partial charge >= 0.3 is 6.18 Å². The number of halogens is 7. The van der Waals surface area contributed by atoms with Crippen LogP contribution in [0.25, 0.3) is 0 Å². The third-order valence-corrected chi connectivity index (χ3v) is 7.07. The fourth-order valence-electron chi connectivity index (χ4n) is 3.45. The van der Waals surface area contributed by atoms with Crippen molar-refractivity contribution in [2.24, 2.45) is 0 Å². The lowest BCUT2D eigenvalue weighted by Crippen LogP contribution is -2.31. The van der Waals surface area contributed by atoms with Crippen molar-refractivity contribution in [3.63, 3.8) is 0 Å². The first-order valence-corrected chi connectivity index (χ1v) is 12.0. The number of hydrogen-bond donors (Lipinski definition) is 2. The second kappa shape index (κ2) is 9.86. The van der Waals surface area contributed by atoms with Crippen molar-refractivity contribution in [3.8, 4) is 5.75 Å². The minimum atomic E-state index is -4.89. The van der Waals surface area contributed by atoms with Crippen molar-refractivity contribution in [2.45, 2.75) is 48.8 Å². The molecule has 1 aliphatic rings. The molecular formula is C21H19ClF6N2O4S. The van der Waals surface area contributed by atoms with Crippen LogP contribution in [0.3, 0.4) is 0 Å². The molecule has 35 heavy (non-hydrogen) atoms. The smallest absolute Gasteiger partial charge is 0.417 e. The summed E-state index contributed by atoms with van der Waals surface area (Å²) in [7, 11) is -3.18. The normalized spacial score (nSPS) is 16.7. The van der Waals surface area contributed by atoms with E-state index in [0.29, 0.717) is 12.1 Å². The Labute approximate surface area is 201 Å². The van der Waals surface area contributed by atoms with E-state index in [2.05, 4.69) is 5.32 Å². The maximum Gasteiger partial charge on any atom is 0.417 e. The minimum absolute atomic E-state index is 0.152. The number of hydrogen-bond acceptors (Lipinski definition) is 4. The van der Waals surface area contributed by atoms with Gasteiger partial charge in [-0.2, -0.15) is 13.2 Å². The van der Waals surface area contributed by atoms with Gasteiger partial charge in [0.25, 0.3) is 5.91 Å². The summed E-state index contributed by atoms with van der Waals surface area (Å²) >= 11 is 5.75. The average molecular weight is 545 g/mol. The molecule has 192 valence electrons. The maximum absolute atomic E-state index is 14.0. The molecule has 0 radical (unpaired) electrons. The quantitative estimate of drug-likeness (QED) is 0.463. The van der Waals surface area contributed by atoms with Gasteiger partial charge in [0, 0.05) is 18.5 Å². The Hall–Kier alpha value is -2.51. The Morgan fingerprint density at radius 2 is 1.77 bits per heavy atom. The van der Waals surface area contributed by atoms with E-state index in [1.54, 1.807) is 0 Å². The Kier molecular flexibility index (Phi) is 7.63. The Balaban J connectivity index is 1.96. The number of amides is 1. The second-order valence-electron chi connectivity index (χ2n) is 7.81. The number of anilines is 1. The van der Waals surface area contributed by atoms with Crippen molar-refractivity contribution >= 4 is 33.2 Å². The Bertz CT molecular complexity index is 1230. The summed E-state index contributed by atoms with van der Waals surface area (Å²) in [4.78, 5) is 12.1. The summed E-state index contributed by atoms with van der Waals surface area (Å²) < 4.78 is 112. The lowest BCUT2D eigenvalue weighted by Gasteiger charge is -2.29. The van der Waals surface area contributed by atoms with Crippen LogP contribution >= 0.6 is 11.6 Å². The van der Waals surface area contributed by atoms with E-state index < -0.39 is 79.6 Å². The minimum Gasteiger partial charge on any atom is -0.490 e. The van der Waals surface area contributed by atoms with Crippen LogP contribution in [0, 0.1) is 5.82 Å². The van der Waals surface area contributed by atoms with E-state index in [-0.39, 0.29) is 18.5 Å². The number of carbonyl (C=O) groups is 1. The van der Waals surface area contributed by atoms with E-state index in [9.17, 15) is 39.6 Å². The molecule has 0 bridgehead atoms. The van der Waals surface area contributed by atoms with E-state index >= 15 is 0 Å². The van der Waals surface area contributed by atoms with Gasteiger partial charge in [-0.3, -0.25) is 4.79 Å². The molecule has 2 N–H and O–H groups in total. The van der Waals surface area contributed by atoms with Crippen LogP contribution in [-0.2, 0) is 16.2 Å². The van der Waals surface area contributed by atoms with Gasteiger partial charge in [0.15, 0.2) is 0 Å². The first kappa shape index (κ1) is 27.1. The van der Waals surface area contributed by atoms with E-state index in [1.165, 1.54) is 0 Å². The zero-order valence-corrected chi connectivity index (χ0v) is 19.6. The van der Waals surface area contributed by atoms with Gasteiger partial charge in [-0.25, -0.2) is 26.3 Å². The van der Waals surface area contributed by atoms with Gasteiger partial charge in [-0.05, 0) is 50.2 Å². The molecule has 1 aliphatic carbocycles. The predicted octanol–water partition coefficient (Wildman–Crippen LogP) is 5.62. The first-order valence-electron chi connectivity index (χ1n) is 10.1. The summed E-state index contributed by atoms with van der Waals surface area (Å²) in [6, 6.07) is 3.85. The Morgan fingerprint density at radius 1 is 1.14 bits per heavy atom. The number of carbonyl (C=O) groups excluding carboxylic acids is 1. The maximum atomic E-state index is 14.0. The third-order valence-electron chi connectivity index (χ3n) is 5.32. The van der Waals surface area contributed by atoms with Gasteiger partial charge in [-0.15, -0.1) is 0 Å². The molecule has 0 atom stereocenters. The average Bonchev–Trinajstić information content (AvgIpc) is 2.76. The highest BCUT2D eigenvalue weighted by atomic mass is 35.5. The highest BCUT2D eigenvalue weighted by molar-refractivity contribution is 7.89. The first-order chi connectivity index (χ1) is 16.1. The van der Waals surface area contributed by atoms with Gasteiger partial charge in [0.1, 0.15) is 16.5 Å². The number of sulfonamides is 1. The summed E-state index contributed by atoms with van der Waals surface area (Å²) in [5.41, 5.74) is -1.94. The SMILES string of the molecule is CNS(=O)(=O)c1cc(NC(=O)c2cc(Cl)c(C(F)(F)F)cc2OC2CCC(F)(F)CC2)ccc1F. The molecule has 3 rings (SSSR count). The van der Waals surface area contributed by atoms with Gasteiger partial charge in [0.2, 0.25) is 15.9 Å². The summed E-state index contributed by atoms with van der Waals surface area (Å²) in [5.74, 6) is -5.60. The molecule has 0 aromatic heterocycles. The molecule has 1 amide bonds. The van der Waals surface area contributed by atoms with E-state index in [1.807, 2.05) is 4.72 Å². The van der Waals surface area contributed by atoms with Crippen LogP contribution in [0.1, 0.15) is 41.6 Å². The van der Waals surface area contributed by atoms with Crippen molar-refractivity contribution < 1.29 is 44.3 Å². The number of nitrogens with one attached hydrogen (secondary N) is 2. The molecule has 14 heteroatoms. The monoisotopic (exact) mass is 544 g/mol. The van der Waals surface area contributed by atoms with E-state index in [0.717, 1.165) is 25.2 Å². The predicted molar refractivity (Wildman–Crippen MR) is 115 cm³/mol. The summed E-state index contributed by atoms with van der Waals surface area (Å²) in [6.45, 7) is 0. The zero-order valence-electron chi connectivity index (χ0n) is 18.0.